The van der Waals surface area contributed by atoms with E-state index in [1.807, 2.05) is 6.92 Å². The summed E-state index contributed by atoms with van der Waals surface area (Å²) in [5.41, 5.74) is -0.490. The number of carboxylic acid groups (broad SMARTS) is 1. The summed E-state index contributed by atoms with van der Waals surface area (Å²) in [6.45, 7) is 2.69. The predicted octanol–water partition coefficient (Wildman–Crippen LogP) is 2.15. The summed E-state index contributed by atoms with van der Waals surface area (Å²) in [6.07, 6.45) is -0.986. The van der Waals surface area contributed by atoms with Crippen LogP contribution in [0.2, 0.25) is 0 Å². The zero-order valence-corrected chi connectivity index (χ0v) is 13.0. The summed E-state index contributed by atoms with van der Waals surface area (Å²) >= 11 is 3.34. The molecule has 1 N–H and O–H groups in total. The Morgan fingerprint density at radius 2 is 2.38 bits per heavy atom. The molecule has 0 spiro atoms. The fraction of sp³-hybridized carbons (Fsp3) is 0.500. The van der Waals surface area contributed by atoms with Crippen LogP contribution >= 0.6 is 15.9 Å². The highest BCUT2D eigenvalue weighted by atomic mass is 79.9. The van der Waals surface area contributed by atoms with E-state index >= 15 is 0 Å². The van der Waals surface area contributed by atoms with Gasteiger partial charge in [0.1, 0.15) is 11.4 Å². The molecular weight excluding hydrogens is 345 g/mol. The molecule has 0 amide bonds. The van der Waals surface area contributed by atoms with Gasteiger partial charge in [0.05, 0.1) is 13.2 Å². The van der Waals surface area contributed by atoms with E-state index in [9.17, 15) is 14.3 Å². The van der Waals surface area contributed by atoms with Crippen LogP contribution < -0.4 is 0 Å². The van der Waals surface area contributed by atoms with Gasteiger partial charge in [-0.05, 0) is 18.2 Å². The fourth-order valence-electron chi connectivity index (χ4n) is 3.32. The molecule has 2 fully saturated rings. The molecule has 0 unspecified atom stereocenters. The monoisotopic (exact) mass is 359 g/mol. The van der Waals surface area contributed by atoms with Gasteiger partial charge in [-0.3, -0.25) is 4.84 Å². The minimum absolute atomic E-state index is 0.0931. The summed E-state index contributed by atoms with van der Waals surface area (Å²) in [5, 5.41) is 10.9. The number of fused-ring (bicyclic) bond motifs is 1. The normalized spacial score (nSPS) is 32.3. The van der Waals surface area contributed by atoms with Crippen LogP contribution in [-0.4, -0.2) is 42.0 Å². The summed E-state index contributed by atoms with van der Waals surface area (Å²) in [7, 11) is 0. The van der Waals surface area contributed by atoms with Gasteiger partial charge in [0.15, 0.2) is 6.10 Å². The molecule has 1 aromatic rings. The first-order chi connectivity index (χ1) is 10.0. The van der Waals surface area contributed by atoms with Crippen LogP contribution in [-0.2, 0) is 19.9 Å². The van der Waals surface area contributed by atoms with Gasteiger partial charge in [0.2, 0.25) is 0 Å². The van der Waals surface area contributed by atoms with E-state index in [0.29, 0.717) is 12.1 Å². The van der Waals surface area contributed by atoms with Crippen molar-refractivity contribution in [2.45, 2.75) is 18.6 Å². The maximum atomic E-state index is 14.4. The Bertz CT molecular complexity index is 584. The number of hydrogen-bond acceptors (Lipinski definition) is 4. The van der Waals surface area contributed by atoms with E-state index < -0.39 is 23.5 Å². The van der Waals surface area contributed by atoms with Gasteiger partial charge in [0, 0.05) is 22.5 Å². The third-order valence-electron chi connectivity index (χ3n) is 4.24. The minimum atomic E-state index is -1.04. The third-order valence-corrected chi connectivity index (χ3v) is 4.74. The van der Waals surface area contributed by atoms with Crippen LogP contribution in [0.5, 0.6) is 0 Å². The second-order valence-electron chi connectivity index (χ2n) is 5.22. The molecule has 7 heteroatoms. The van der Waals surface area contributed by atoms with Crippen molar-refractivity contribution in [1.82, 2.24) is 5.06 Å². The van der Waals surface area contributed by atoms with E-state index in [2.05, 4.69) is 15.9 Å². The topological polar surface area (TPSA) is 59.0 Å². The van der Waals surface area contributed by atoms with Crippen molar-refractivity contribution in [2.24, 2.45) is 5.92 Å². The van der Waals surface area contributed by atoms with E-state index in [1.165, 1.54) is 6.07 Å². The molecule has 114 valence electrons. The Hall–Kier alpha value is -1.02. The minimum Gasteiger partial charge on any atom is -0.479 e. The van der Waals surface area contributed by atoms with E-state index in [0.717, 1.165) is 4.47 Å². The lowest BCUT2D eigenvalue weighted by Gasteiger charge is -2.35. The van der Waals surface area contributed by atoms with E-state index in [4.69, 9.17) is 9.57 Å². The van der Waals surface area contributed by atoms with Gasteiger partial charge in [-0.1, -0.05) is 22.9 Å². The summed E-state index contributed by atoms with van der Waals surface area (Å²) < 4.78 is 20.6. The second kappa shape index (κ2) is 5.31. The first kappa shape index (κ1) is 14.9. The van der Waals surface area contributed by atoms with Crippen molar-refractivity contribution in [3.63, 3.8) is 0 Å². The molecular formula is C14H15BrFNO4. The number of nitrogens with zero attached hydrogens (tertiary/aromatic N) is 1. The first-order valence-electron chi connectivity index (χ1n) is 6.71. The molecule has 1 aromatic carbocycles. The lowest BCUT2D eigenvalue weighted by atomic mass is 9.78. The maximum absolute atomic E-state index is 14.4. The zero-order valence-electron chi connectivity index (χ0n) is 11.4. The lowest BCUT2D eigenvalue weighted by Crippen LogP contribution is -2.47. The maximum Gasteiger partial charge on any atom is 0.333 e. The van der Waals surface area contributed by atoms with Crippen LogP contribution in [0, 0.1) is 11.7 Å². The number of aliphatic carboxylic acids is 1. The molecule has 2 saturated heterocycles. The van der Waals surface area contributed by atoms with E-state index in [-0.39, 0.29) is 19.0 Å². The first-order valence-corrected chi connectivity index (χ1v) is 7.50. The number of ether oxygens (including phenoxy) is 1. The number of hydroxylamine groups is 2. The van der Waals surface area contributed by atoms with Gasteiger partial charge in [-0.2, -0.15) is 5.06 Å². The summed E-state index contributed by atoms with van der Waals surface area (Å²) in [4.78, 5) is 17.0. The Balaban J connectivity index is 2.14. The second-order valence-corrected chi connectivity index (χ2v) is 6.13. The summed E-state index contributed by atoms with van der Waals surface area (Å²) in [5.74, 6) is -1.88. The van der Waals surface area contributed by atoms with Crippen molar-refractivity contribution in [3.8, 4) is 0 Å². The number of carbonyl (C=O) groups is 1. The molecule has 2 aliphatic rings. The van der Waals surface area contributed by atoms with Crippen LogP contribution in [0.3, 0.4) is 0 Å². The molecule has 3 atom stereocenters. The number of benzene rings is 1. The molecule has 2 aliphatic heterocycles. The van der Waals surface area contributed by atoms with Crippen LogP contribution in [0.4, 0.5) is 4.39 Å². The quantitative estimate of drug-likeness (QED) is 0.895. The number of carboxylic acids is 1. The van der Waals surface area contributed by atoms with Gasteiger partial charge < -0.3 is 9.84 Å². The van der Waals surface area contributed by atoms with Crippen LogP contribution in [0.1, 0.15) is 12.5 Å². The Morgan fingerprint density at radius 1 is 1.62 bits per heavy atom. The number of rotatable bonds is 3. The smallest absolute Gasteiger partial charge is 0.333 e. The molecule has 5 nitrogen and oxygen atoms in total. The van der Waals surface area contributed by atoms with Gasteiger partial charge >= 0.3 is 5.97 Å². The van der Waals surface area contributed by atoms with Crippen LogP contribution in [0.25, 0.3) is 0 Å². The average molecular weight is 360 g/mol. The highest BCUT2D eigenvalue weighted by Gasteiger charge is 2.61. The Labute approximate surface area is 129 Å². The van der Waals surface area contributed by atoms with Gasteiger partial charge in [-0.25, -0.2) is 9.18 Å². The molecule has 0 saturated carbocycles. The number of hydrogen-bond donors (Lipinski definition) is 1. The van der Waals surface area contributed by atoms with Crippen molar-refractivity contribution < 1.29 is 23.9 Å². The Morgan fingerprint density at radius 3 is 3.05 bits per heavy atom. The third kappa shape index (κ3) is 2.11. The van der Waals surface area contributed by atoms with Crippen molar-refractivity contribution in [1.29, 1.82) is 0 Å². The van der Waals surface area contributed by atoms with Gasteiger partial charge in [0.25, 0.3) is 0 Å². The van der Waals surface area contributed by atoms with Gasteiger partial charge in [-0.15, -0.1) is 0 Å². The molecule has 0 bridgehead atoms. The molecule has 0 aliphatic carbocycles. The Kier molecular flexibility index (Phi) is 3.77. The van der Waals surface area contributed by atoms with E-state index in [1.54, 1.807) is 17.2 Å². The van der Waals surface area contributed by atoms with Crippen molar-refractivity contribution in [2.75, 3.05) is 19.8 Å². The van der Waals surface area contributed by atoms with Crippen molar-refractivity contribution >= 4 is 21.9 Å². The largest absolute Gasteiger partial charge is 0.479 e. The highest BCUT2D eigenvalue weighted by molar-refractivity contribution is 9.10. The average Bonchev–Trinajstić information content (AvgIpc) is 2.98. The molecule has 0 radical (unpaired) electrons. The molecule has 21 heavy (non-hydrogen) atoms. The number of halogens is 2. The predicted molar refractivity (Wildman–Crippen MR) is 75.0 cm³/mol. The highest BCUT2D eigenvalue weighted by Crippen LogP contribution is 2.49. The number of likely N-dealkylation sites (N-methyl/N-ethyl adjacent to an activating group) is 1. The summed E-state index contributed by atoms with van der Waals surface area (Å²) in [6, 6.07) is 4.65. The molecule has 3 rings (SSSR count). The van der Waals surface area contributed by atoms with Crippen molar-refractivity contribution in [3.05, 3.63) is 34.1 Å². The molecule has 0 aromatic heterocycles. The van der Waals surface area contributed by atoms with Crippen LogP contribution in [0.15, 0.2) is 22.7 Å². The molecule has 2 heterocycles. The standard InChI is InChI=1S/C14H15BrFNO4/c1-2-17-14(9-5-8(15)3-4-11(9)16)7-20-12(13(18)19)10(14)6-21-17/h3-5,10,12H,2,6-7H2,1H3,(H,18,19)/t10-,12+,14-/m1/s1. The SMILES string of the molecule is CCN1OC[C@@H]2[C@@H](C(=O)O)OC[C@@]21c1cc(Br)ccc1F. The lowest BCUT2D eigenvalue weighted by molar-refractivity contribution is -0.177. The fourth-order valence-corrected chi connectivity index (χ4v) is 3.68. The zero-order chi connectivity index (χ0) is 15.2.